The number of ketones is 1. The molecule has 0 radical (unpaired) electrons. The number of ether oxygens (including phenoxy) is 2. The monoisotopic (exact) mass is 540 g/mol. The number of esters is 1. The van der Waals surface area contributed by atoms with Crippen LogP contribution in [0.2, 0.25) is 0 Å². The van der Waals surface area contributed by atoms with Crippen molar-refractivity contribution < 1.29 is 28.2 Å². The molecule has 1 aliphatic heterocycles. The molecule has 4 atom stereocenters. The molecule has 0 spiro atoms. The zero-order chi connectivity index (χ0) is 27.6. The van der Waals surface area contributed by atoms with Crippen LogP contribution in [0.15, 0.2) is 30.3 Å². The average molecular weight is 541 g/mol. The molecule has 1 saturated heterocycles. The van der Waals surface area contributed by atoms with Gasteiger partial charge in [0.15, 0.2) is 5.78 Å². The summed E-state index contributed by atoms with van der Waals surface area (Å²) in [7, 11) is 0. The summed E-state index contributed by atoms with van der Waals surface area (Å²) >= 11 is 1.22. The summed E-state index contributed by atoms with van der Waals surface area (Å²) in [5.74, 6) is -1.71. The number of nitrogens with zero attached hydrogens (tertiary/aromatic N) is 2. The molecule has 202 valence electrons. The van der Waals surface area contributed by atoms with Crippen molar-refractivity contribution >= 4 is 29.2 Å². The van der Waals surface area contributed by atoms with Crippen LogP contribution in [0.1, 0.15) is 68.6 Å². The lowest BCUT2D eigenvalue weighted by Crippen LogP contribution is -2.51. The highest BCUT2D eigenvalue weighted by Crippen LogP contribution is 2.44. The van der Waals surface area contributed by atoms with Crippen LogP contribution in [0.4, 0.5) is 9.18 Å². The molecule has 1 aliphatic carbocycles. The van der Waals surface area contributed by atoms with Crippen molar-refractivity contribution in [2.45, 2.75) is 77.5 Å². The number of hydrogen-bond donors (Lipinski definition) is 0. The van der Waals surface area contributed by atoms with Gasteiger partial charge in [-0.3, -0.25) is 9.69 Å². The highest BCUT2D eigenvalue weighted by molar-refractivity contribution is 7.17. The van der Waals surface area contributed by atoms with Crippen LogP contribution >= 0.6 is 11.3 Å². The molecule has 2 aromatic rings. The lowest BCUT2D eigenvalue weighted by molar-refractivity contribution is -0.126. The van der Waals surface area contributed by atoms with Gasteiger partial charge in [-0.2, -0.15) is 5.26 Å². The van der Waals surface area contributed by atoms with Gasteiger partial charge in [0.25, 0.3) is 0 Å². The fraction of sp³-hybridized carbons (Fsp3) is 0.517. The number of fused-ring (bicyclic) bond motifs is 2. The second-order valence-corrected chi connectivity index (χ2v) is 12.0. The summed E-state index contributed by atoms with van der Waals surface area (Å²) in [5, 5.41) is 9.79. The third-order valence-corrected chi connectivity index (χ3v) is 8.15. The van der Waals surface area contributed by atoms with Gasteiger partial charge in [0.1, 0.15) is 16.3 Å². The molecular formula is C29H33FN2O5S. The zero-order valence-electron chi connectivity index (χ0n) is 22.2. The van der Waals surface area contributed by atoms with Gasteiger partial charge in [-0.15, -0.1) is 11.3 Å². The van der Waals surface area contributed by atoms with Crippen LogP contribution in [0.3, 0.4) is 0 Å². The second-order valence-electron chi connectivity index (χ2n) is 11.0. The van der Waals surface area contributed by atoms with Crippen molar-refractivity contribution in [1.29, 1.82) is 5.26 Å². The number of thiophene rings is 1. The number of halogens is 1. The topological polar surface area (TPSA) is 96.7 Å². The molecule has 1 aromatic carbocycles. The van der Waals surface area contributed by atoms with Crippen molar-refractivity contribution in [1.82, 2.24) is 4.90 Å². The molecule has 2 aliphatic rings. The molecule has 38 heavy (non-hydrogen) atoms. The van der Waals surface area contributed by atoms with Gasteiger partial charge in [0, 0.05) is 17.3 Å². The predicted molar refractivity (Wildman–Crippen MR) is 141 cm³/mol. The first-order chi connectivity index (χ1) is 18.0. The van der Waals surface area contributed by atoms with Crippen LogP contribution in [-0.4, -0.2) is 47.0 Å². The summed E-state index contributed by atoms with van der Waals surface area (Å²) in [6, 6.07) is 9.69. The van der Waals surface area contributed by atoms with E-state index in [4.69, 9.17) is 9.47 Å². The molecule has 0 N–H and O–H groups in total. The molecule has 9 heteroatoms. The Morgan fingerprint density at radius 1 is 1.21 bits per heavy atom. The van der Waals surface area contributed by atoms with Gasteiger partial charge in [0.05, 0.1) is 24.6 Å². The first-order valence-electron chi connectivity index (χ1n) is 13.0. The Kier molecular flexibility index (Phi) is 8.22. The molecule has 2 fully saturated rings. The normalized spacial score (nSPS) is 21.2. The van der Waals surface area contributed by atoms with Gasteiger partial charge in [-0.05, 0) is 88.6 Å². The lowest BCUT2D eigenvalue weighted by Gasteiger charge is -2.35. The molecule has 1 saturated carbocycles. The van der Waals surface area contributed by atoms with E-state index in [1.54, 1.807) is 56.9 Å². The Bertz CT molecular complexity index is 1260. The first kappa shape index (κ1) is 27.8. The van der Waals surface area contributed by atoms with Crippen LogP contribution < -0.4 is 0 Å². The SMILES string of the molecule is CCOC(=O)c1ccc(-c2ccc(C[C@@H](C#N)CC(=O)[C@@H]3[C@H]4CC[C@H](C4)N3C(=O)OC(C)(C)C)c(F)c2)s1. The van der Waals surface area contributed by atoms with E-state index >= 15 is 4.39 Å². The third kappa shape index (κ3) is 6.07. The van der Waals surface area contributed by atoms with Crippen molar-refractivity contribution in [3.63, 3.8) is 0 Å². The number of rotatable bonds is 8. The standard InChI is InChI=1S/C29H33FN2O5S/c1-5-36-27(34)25-11-10-24(38-25)19-7-6-18(22(30)15-19)12-17(16-31)13-23(33)26-20-8-9-21(14-20)32(26)28(35)37-29(2,3)4/h6-7,10-11,15,17,20-21,26H,5,8-9,12-14H2,1-4H3/t17-,20+,21-,26+/m1/s1. The molecule has 2 heterocycles. The highest BCUT2D eigenvalue weighted by atomic mass is 32.1. The maximum Gasteiger partial charge on any atom is 0.411 e. The largest absolute Gasteiger partial charge is 0.462 e. The number of nitriles is 1. The summed E-state index contributed by atoms with van der Waals surface area (Å²) in [6.07, 6.45) is 2.02. The smallest absolute Gasteiger partial charge is 0.411 e. The van der Waals surface area contributed by atoms with E-state index in [9.17, 15) is 19.6 Å². The van der Waals surface area contributed by atoms with Gasteiger partial charge in [-0.25, -0.2) is 14.0 Å². The van der Waals surface area contributed by atoms with Gasteiger partial charge >= 0.3 is 12.1 Å². The van der Waals surface area contributed by atoms with Gasteiger partial charge < -0.3 is 9.47 Å². The maximum atomic E-state index is 15.1. The first-order valence-corrected chi connectivity index (χ1v) is 13.8. The fourth-order valence-corrected chi connectivity index (χ4v) is 6.34. The number of benzene rings is 1. The summed E-state index contributed by atoms with van der Waals surface area (Å²) in [4.78, 5) is 40.9. The van der Waals surface area contributed by atoms with Crippen molar-refractivity contribution in [2.24, 2.45) is 11.8 Å². The number of hydrogen-bond acceptors (Lipinski definition) is 7. The average Bonchev–Trinajstić information content (AvgIpc) is 3.60. The lowest BCUT2D eigenvalue weighted by atomic mass is 9.87. The summed E-state index contributed by atoms with van der Waals surface area (Å²) in [6.45, 7) is 7.38. The Morgan fingerprint density at radius 2 is 1.97 bits per heavy atom. The van der Waals surface area contributed by atoms with Gasteiger partial charge in [-0.1, -0.05) is 12.1 Å². The molecule has 4 rings (SSSR count). The van der Waals surface area contributed by atoms with E-state index < -0.39 is 35.4 Å². The number of piperidine rings is 1. The zero-order valence-corrected chi connectivity index (χ0v) is 23.0. The van der Waals surface area contributed by atoms with Crippen molar-refractivity contribution in [3.8, 4) is 16.5 Å². The van der Waals surface area contributed by atoms with E-state index in [2.05, 4.69) is 6.07 Å². The number of carbonyl (C=O) groups excluding carboxylic acids is 3. The van der Waals surface area contributed by atoms with Crippen LogP contribution in [0.5, 0.6) is 0 Å². The molecule has 1 amide bonds. The fourth-order valence-electron chi connectivity index (χ4n) is 5.44. The third-order valence-electron chi connectivity index (χ3n) is 7.04. The highest BCUT2D eigenvalue weighted by Gasteiger charge is 2.52. The second kappa shape index (κ2) is 11.2. The van der Waals surface area contributed by atoms with Crippen LogP contribution in [0, 0.1) is 29.0 Å². The van der Waals surface area contributed by atoms with E-state index in [-0.39, 0.29) is 37.2 Å². The molecular weight excluding hydrogens is 507 g/mol. The van der Waals surface area contributed by atoms with E-state index in [1.807, 2.05) is 0 Å². The molecule has 1 aromatic heterocycles. The van der Waals surface area contributed by atoms with Crippen LogP contribution in [0.25, 0.3) is 10.4 Å². The van der Waals surface area contributed by atoms with Gasteiger partial charge in [0.2, 0.25) is 0 Å². The number of amides is 1. The molecule has 0 unspecified atom stereocenters. The van der Waals surface area contributed by atoms with E-state index in [1.165, 1.54) is 17.4 Å². The maximum absolute atomic E-state index is 15.1. The minimum atomic E-state index is -0.723. The van der Waals surface area contributed by atoms with E-state index in [0.717, 1.165) is 24.1 Å². The minimum absolute atomic E-state index is 0.0177. The number of Topliss-reactive ketones (excluding diaryl/α,β-unsaturated/α-hetero) is 1. The Hall–Kier alpha value is -3.25. The number of carbonyl (C=O) groups is 3. The van der Waals surface area contributed by atoms with Crippen molar-refractivity contribution in [2.75, 3.05) is 6.61 Å². The Morgan fingerprint density at radius 3 is 2.63 bits per heavy atom. The van der Waals surface area contributed by atoms with Crippen molar-refractivity contribution in [3.05, 3.63) is 46.6 Å². The van der Waals surface area contributed by atoms with Crippen LogP contribution in [-0.2, 0) is 20.7 Å². The summed E-state index contributed by atoms with van der Waals surface area (Å²) < 4.78 is 25.6. The molecule has 7 nitrogen and oxygen atoms in total. The summed E-state index contributed by atoms with van der Waals surface area (Å²) in [5.41, 5.74) is 0.285. The Balaban J connectivity index is 1.44. The minimum Gasteiger partial charge on any atom is -0.462 e. The van der Waals surface area contributed by atoms with E-state index in [0.29, 0.717) is 16.0 Å². The molecule has 2 bridgehead atoms. The quantitative estimate of drug-likeness (QED) is 0.372. The predicted octanol–water partition coefficient (Wildman–Crippen LogP) is 6.16. The Labute approximate surface area is 226 Å². The number of likely N-dealkylation sites (tertiary alicyclic amines) is 1.